The van der Waals surface area contributed by atoms with Crippen molar-refractivity contribution in [2.24, 2.45) is 0 Å². The van der Waals surface area contributed by atoms with Crippen molar-refractivity contribution in [2.45, 2.75) is 24.2 Å². The Morgan fingerprint density at radius 1 is 1.04 bits per heavy atom. The van der Waals surface area contributed by atoms with Crippen LogP contribution >= 0.6 is 11.6 Å². The van der Waals surface area contributed by atoms with Gasteiger partial charge in [0.15, 0.2) is 0 Å². The summed E-state index contributed by atoms with van der Waals surface area (Å²) in [4.78, 5) is 12.2. The summed E-state index contributed by atoms with van der Waals surface area (Å²) < 4.78 is 32.0. The molecule has 0 atom stereocenters. The number of nitrogens with one attached hydrogen (secondary N) is 1. The largest absolute Gasteiger partial charge is 0.492 e. The normalized spacial score (nSPS) is 14.8. The highest BCUT2D eigenvalue weighted by atomic mass is 35.5. The van der Waals surface area contributed by atoms with Crippen molar-refractivity contribution in [2.75, 3.05) is 26.2 Å². The number of halogens is 1. The van der Waals surface area contributed by atoms with Gasteiger partial charge in [0.1, 0.15) is 12.4 Å². The van der Waals surface area contributed by atoms with Crippen LogP contribution in [-0.2, 0) is 21.2 Å². The van der Waals surface area contributed by atoms with E-state index in [-0.39, 0.29) is 17.2 Å². The molecule has 150 valence electrons. The van der Waals surface area contributed by atoms with Crippen LogP contribution in [0.1, 0.15) is 18.4 Å². The monoisotopic (exact) mass is 422 g/mol. The van der Waals surface area contributed by atoms with E-state index in [4.69, 9.17) is 16.3 Å². The molecule has 1 fully saturated rings. The van der Waals surface area contributed by atoms with Crippen molar-refractivity contribution in [1.29, 1.82) is 0 Å². The Balaban J connectivity index is 1.42. The Hall–Kier alpha value is -2.09. The maximum absolute atomic E-state index is 12.5. The summed E-state index contributed by atoms with van der Waals surface area (Å²) in [6, 6.07) is 13.5. The molecule has 2 aromatic rings. The maximum Gasteiger partial charge on any atom is 0.243 e. The number of carbonyl (C=O) groups excluding carboxylic acids is 1. The van der Waals surface area contributed by atoms with Gasteiger partial charge in [-0.25, -0.2) is 8.42 Å². The summed E-state index contributed by atoms with van der Waals surface area (Å²) in [5.74, 6) is 0.463. The van der Waals surface area contributed by atoms with Crippen LogP contribution in [0.25, 0.3) is 0 Å². The minimum absolute atomic E-state index is 0.0991. The second-order valence-electron chi connectivity index (χ2n) is 6.58. The molecule has 0 spiro atoms. The van der Waals surface area contributed by atoms with Gasteiger partial charge in [0, 0.05) is 18.1 Å². The van der Waals surface area contributed by atoms with E-state index in [1.165, 1.54) is 4.31 Å². The van der Waals surface area contributed by atoms with Gasteiger partial charge in [0.25, 0.3) is 0 Å². The zero-order valence-electron chi connectivity index (χ0n) is 15.4. The first kappa shape index (κ1) is 20.6. The Labute approximate surface area is 170 Å². The molecular weight excluding hydrogens is 400 g/mol. The summed E-state index contributed by atoms with van der Waals surface area (Å²) in [6.07, 6.45) is 2.09. The van der Waals surface area contributed by atoms with Crippen LogP contribution in [0.3, 0.4) is 0 Å². The number of hydrogen-bond acceptors (Lipinski definition) is 4. The van der Waals surface area contributed by atoms with Crippen LogP contribution in [0.15, 0.2) is 53.4 Å². The summed E-state index contributed by atoms with van der Waals surface area (Å²) in [5.41, 5.74) is 0.887. The Bertz CT molecular complexity index is 893. The topological polar surface area (TPSA) is 75.7 Å². The van der Waals surface area contributed by atoms with E-state index in [1.54, 1.807) is 36.4 Å². The number of rotatable bonds is 8. The summed E-state index contributed by atoms with van der Waals surface area (Å²) in [6.45, 7) is 1.82. The first-order valence-electron chi connectivity index (χ1n) is 9.19. The van der Waals surface area contributed by atoms with Crippen LogP contribution in [0.5, 0.6) is 5.75 Å². The van der Waals surface area contributed by atoms with E-state index < -0.39 is 10.0 Å². The summed E-state index contributed by atoms with van der Waals surface area (Å²) >= 11 is 5.82. The third-order valence-corrected chi connectivity index (χ3v) is 6.66. The van der Waals surface area contributed by atoms with Crippen molar-refractivity contribution < 1.29 is 17.9 Å². The molecule has 2 aromatic carbocycles. The van der Waals surface area contributed by atoms with Gasteiger partial charge in [-0.1, -0.05) is 23.7 Å². The fraction of sp³-hybridized carbons (Fsp3) is 0.350. The maximum atomic E-state index is 12.5. The smallest absolute Gasteiger partial charge is 0.243 e. The van der Waals surface area contributed by atoms with Gasteiger partial charge in [-0.2, -0.15) is 4.31 Å². The van der Waals surface area contributed by atoms with Crippen LogP contribution in [0.4, 0.5) is 0 Å². The number of hydrogen-bond donors (Lipinski definition) is 1. The lowest BCUT2D eigenvalue weighted by molar-refractivity contribution is -0.120. The lowest BCUT2D eigenvalue weighted by Gasteiger charge is -2.15. The van der Waals surface area contributed by atoms with Gasteiger partial charge in [0.2, 0.25) is 15.9 Å². The van der Waals surface area contributed by atoms with Crippen molar-refractivity contribution >= 4 is 27.5 Å². The molecule has 1 aliphatic heterocycles. The molecule has 0 aliphatic carbocycles. The van der Waals surface area contributed by atoms with Crippen molar-refractivity contribution in [3.63, 3.8) is 0 Å². The number of amides is 1. The number of carbonyl (C=O) groups is 1. The van der Waals surface area contributed by atoms with E-state index >= 15 is 0 Å². The number of nitrogens with zero attached hydrogens (tertiary/aromatic N) is 1. The predicted molar refractivity (Wildman–Crippen MR) is 108 cm³/mol. The molecule has 6 nitrogen and oxygen atoms in total. The quantitative estimate of drug-likeness (QED) is 0.664. The van der Waals surface area contributed by atoms with E-state index in [1.807, 2.05) is 12.1 Å². The fourth-order valence-corrected chi connectivity index (χ4v) is 4.64. The zero-order chi connectivity index (χ0) is 20.0. The lowest BCUT2D eigenvalue weighted by atomic mass is 10.1. The van der Waals surface area contributed by atoms with Gasteiger partial charge in [-0.05, 0) is 54.8 Å². The van der Waals surface area contributed by atoms with Gasteiger partial charge < -0.3 is 10.1 Å². The second kappa shape index (κ2) is 9.41. The Morgan fingerprint density at radius 2 is 1.68 bits per heavy atom. The van der Waals surface area contributed by atoms with E-state index in [0.29, 0.717) is 37.0 Å². The summed E-state index contributed by atoms with van der Waals surface area (Å²) in [7, 11) is -3.41. The molecule has 0 bridgehead atoms. The average Bonchev–Trinajstić information content (AvgIpc) is 3.23. The van der Waals surface area contributed by atoms with Crippen molar-refractivity contribution in [1.82, 2.24) is 9.62 Å². The van der Waals surface area contributed by atoms with Crippen molar-refractivity contribution in [3.05, 3.63) is 59.1 Å². The molecule has 1 saturated heterocycles. The van der Waals surface area contributed by atoms with E-state index in [0.717, 1.165) is 18.4 Å². The molecule has 0 unspecified atom stereocenters. The molecule has 0 saturated carbocycles. The number of ether oxygens (including phenoxy) is 1. The van der Waals surface area contributed by atoms with Crippen LogP contribution < -0.4 is 10.1 Å². The standard InChI is InChI=1S/C20H23ClN2O4S/c21-17-5-3-16(4-6-17)15-20(24)22-11-14-27-18-7-9-19(10-8-18)28(25,26)23-12-1-2-13-23/h3-10H,1-2,11-15H2,(H,22,24). The first-order chi connectivity index (χ1) is 13.4. The highest BCUT2D eigenvalue weighted by Crippen LogP contribution is 2.22. The molecule has 28 heavy (non-hydrogen) atoms. The molecule has 1 heterocycles. The van der Waals surface area contributed by atoms with Crippen molar-refractivity contribution in [3.8, 4) is 5.75 Å². The molecule has 3 rings (SSSR count). The van der Waals surface area contributed by atoms with Gasteiger partial charge in [-0.3, -0.25) is 4.79 Å². The average molecular weight is 423 g/mol. The highest BCUT2D eigenvalue weighted by molar-refractivity contribution is 7.89. The SMILES string of the molecule is O=C(Cc1ccc(Cl)cc1)NCCOc1ccc(S(=O)(=O)N2CCCC2)cc1. The lowest BCUT2D eigenvalue weighted by Crippen LogP contribution is -2.29. The van der Waals surface area contributed by atoms with E-state index in [9.17, 15) is 13.2 Å². The van der Waals surface area contributed by atoms with Crippen LogP contribution in [-0.4, -0.2) is 44.9 Å². The number of sulfonamides is 1. The van der Waals surface area contributed by atoms with E-state index in [2.05, 4.69) is 5.32 Å². The van der Waals surface area contributed by atoms with Gasteiger partial charge >= 0.3 is 0 Å². The fourth-order valence-electron chi connectivity index (χ4n) is 2.99. The molecular formula is C20H23ClN2O4S. The van der Waals surface area contributed by atoms with Gasteiger partial charge in [-0.15, -0.1) is 0 Å². The molecule has 1 amide bonds. The summed E-state index contributed by atoms with van der Waals surface area (Å²) in [5, 5.41) is 3.43. The highest BCUT2D eigenvalue weighted by Gasteiger charge is 2.26. The molecule has 8 heteroatoms. The second-order valence-corrected chi connectivity index (χ2v) is 8.96. The molecule has 0 aromatic heterocycles. The van der Waals surface area contributed by atoms with Crippen LogP contribution in [0, 0.1) is 0 Å². The molecule has 1 aliphatic rings. The third-order valence-electron chi connectivity index (χ3n) is 4.50. The first-order valence-corrected chi connectivity index (χ1v) is 11.0. The minimum atomic E-state index is -3.41. The molecule has 1 N–H and O–H groups in total. The number of benzene rings is 2. The Morgan fingerprint density at radius 3 is 2.32 bits per heavy atom. The van der Waals surface area contributed by atoms with Crippen LogP contribution in [0.2, 0.25) is 5.02 Å². The zero-order valence-corrected chi connectivity index (χ0v) is 17.0. The third kappa shape index (κ3) is 5.47. The minimum Gasteiger partial charge on any atom is -0.492 e. The predicted octanol–water partition coefficient (Wildman–Crippen LogP) is 2.86. The molecule has 0 radical (unpaired) electrons. The van der Waals surface area contributed by atoms with Gasteiger partial charge in [0.05, 0.1) is 17.9 Å². The Kier molecular flexibility index (Phi) is 6.93.